The molecule has 3 aromatic rings. The molecule has 2 heterocycles. The summed E-state index contributed by atoms with van der Waals surface area (Å²) in [5.74, 6) is -1.16. The van der Waals surface area contributed by atoms with E-state index in [1.54, 1.807) is 6.92 Å². The molecule has 0 radical (unpaired) electrons. The predicted molar refractivity (Wildman–Crippen MR) is 83.9 cm³/mol. The Hall–Kier alpha value is -2.64. The van der Waals surface area contributed by atoms with Crippen molar-refractivity contribution in [1.29, 1.82) is 0 Å². The van der Waals surface area contributed by atoms with Gasteiger partial charge in [0, 0.05) is 22.9 Å². The molecule has 0 bridgehead atoms. The molecule has 1 aromatic carbocycles. The van der Waals surface area contributed by atoms with Gasteiger partial charge in [0.15, 0.2) is 5.65 Å². The molecule has 0 saturated carbocycles. The van der Waals surface area contributed by atoms with Gasteiger partial charge in [-0.25, -0.2) is 9.37 Å². The maximum absolute atomic E-state index is 14.1. The van der Waals surface area contributed by atoms with Crippen LogP contribution in [-0.4, -0.2) is 19.7 Å². The molecule has 25 heavy (non-hydrogen) atoms. The molecule has 4 nitrogen and oxygen atoms in total. The lowest BCUT2D eigenvalue weighted by atomic mass is 10.0. The van der Waals surface area contributed by atoms with Crippen LogP contribution in [0.15, 0.2) is 24.3 Å². The van der Waals surface area contributed by atoms with Crippen molar-refractivity contribution < 1.29 is 22.7 Å². The number of benzene rings is 1. The number of hydrogen-bond donors (Lipinski definition) is 1. The molecule has 0 fully saturated rings. The lowest BCUT2D eigenvalue weighted by Crippen LogP contribution is -2.05. The summed E-state index contributed by atoms with van der Waals surface area (Å²) in [5.41, 5.74) is 0.426. The predicted octanol–water partition coefficient (Wildman–Crippen LogP) is 4.69. The highest BCUT2D eigenvalue weighted by Crippen LogP contribution is 2.34. The second-order valence-corrected chi connectivity index (χ2v) is 6.08. The molecule has 1 N–H and O–H groups in total. The molecule has 2 aromatic heterocycles. The van der Waals surface area contributed by atoms with E-state index in [0.717, 1.165) is 16.6 Å². The molecule has 0 aliphatic carbocycles. The van der Waals surface area contributed by atoms with E-state index in [0.29, 0.717) is 17.3 Å². The third-order valence-corrected chi connectivity index (χ3v) is 3.95. The molecule has 0 aliphatic rings. The zero-order valence-corrected chi connectivity index (χ0v) is 13.7. The van der Waals surface area contributed by atoms with Crippen molar-refractivity contribution in [3.63, 3.8) is 0 Å². The zero-order chi connectivity index (χ0) is 18.5. The van der Waals surface area contributed by atoms with Gasteiger partial charge in [-0.3, -0.25) is 0 Å². The Kier molecular flexibility index (Phi) is 3.93. The van der Waals surface area contributed by atoms with Crippen molar-refractivity contribution in [2.75, 3.05) is 0 Å². The fourth-order valence-electron chi connectivity index (χ4n) is 2.82. The first-order chi connectivity index (χ1) is 11.6. The summed E-state index contributed by atoms with van der Waals surface area (Å²) in [6.45, 7) is 5.51. The Morgan fingerprint density at radius 2 is 1.84 bits per heavy atom. The number of rotatable bonds is 2. The highest BCUT2D eigenvalue weighted by atomic mass is 19.4. The average Bonchev–Trinajstić information content (AvgIpc) is 2.89. The van der Waals surface area contributed by atoms with Crippen LogP contribution in [0.3, 0.4) is 0 Å². The summed E-state index contributed by atoms with van der Waals surface area (Å²) in [4.78, 5) is 4.33. The van der Waals surface area contributed by atoms with Crippen LogP contribution >= 0.6 is 0 Å². The van der Waals surface area contributed by atoms with E-state index in [4.69, 9.17) is 0 Å². The normalized spacial score (nSPS) is 12.3. The Morgan fingerprint density at radius 1 is 1.16 bits per heavy atom. The van der Waals surface area contributed by atoms with E-state index in [1.165, 1.54) is 6.07 Å². The Labute approximate surface area is 140 Å². The Morgan fingerprint density at radius 3 is 2.40 bits per heavy atom. The minimum Gasteiger partial charge on any atom is -0.493 e. The van der Waals surface area contributed by atoms with Gasteiger partial charge in [-0.15, -0.1) is 0 Å². The van der Waals surface area contributed by atoms with Crippen LogP contribution < -0.4 is 0 Å². The van der Waals surface area contributed by atoms with E-state index in [2.05, 4.69) is 10.1 Å². The van der Waals surface area contributed by atoms with Gasteiger partial charge in [-0.05, 0) is 31.0 Å². The van der Waals surface area contributed by atoms with Gasteiger partial charge in [0.2, 0.25) is 5.88 Å². The molecule has 8 heteroatoms. The average molecular weight is 353 g/mol. The van der Waals surface area contributed by atoms with Crippen LogP contribution in [-0.2, 0) is 6.18 Å². The maximum atomic E-state index is 14.1. The summed E-state index contributed by atoms with van der Waals surface area (Å²) < 4.78 is 53.3. The molecule has 0 amide bonds. The highest BCUT2D eigenvalue weighted by Gasteiger charge is 2.31. The SMILES string of the molecule is Cc1nc2cc(-c3ccc(C(F)(F)F)cc3F)nn2c(O)c1C(C)C. The first-order valence-electron chi connectivity index (χ1n) is 7.56. The summed E-state index contributed by atoms with van der Waals surface area (Å²) in [6.07, 6.45) is -4.62. The molecule has 0 aliphatic heterocycles. The molecule has 3 rings (SSSR count). The molecule has 0 saturated heterocycles. The van der Waals surface area contributed by atoms with Crippen molar-refractivity contribution in [2.45, 2.75) is 32.9 Å². The first-order valence-corrected chi connectivity index (χ1v) is 7.56. The summed E-state index contributed by atoms with van der Waals surface area (Å²) in [5, 5.41) is 14.5. The fourth-order valence-corrected chi connectivity index (χ4v) is 2.82. The van der Waals surface area contributed by atoms with E-state index in [1.807, 2.05) is 13.8 Å². The second kappa shape index (κ2) is 5.72. The Bertz CT molecular complexity index is 961. The van der Waals surface area contributed by atoms with Gasteiger partial charge in [0.05, 0.1) is 11.3 Å². The van der Waals surface area contributed by atoms with Crippen LogP contribution in [0.1, 0.15) is 36.6 Å². The minimum atomic E-state index is -4.62. The Balaban J connectivity index is 2.16. The minimum absolute atomic E-state index is 0.00708. The van der Waals surface area contributed by atoms with E-state index in [9.17, 15) is 22.7 Å². The number of halogens is 4. The third-order valence-electron chi connectivity index (χ3n) is 3.95. The molecule has 0 spiro atoms. The van der Waals surface area contributed by atoms with E-state index >= 15 is 0 Å². The number of hydrogen-bond acceptors (Lipinski definition) is 3. The zero-order valence-electron chi connectivity index (χ0n) is 13.7. The van der Waals surface area contributed by atoms with Gasteiger partial charge in [0.25, 0.3) is 0 Å². The number of nitrogens with zero attached hydrogens (tertiary/aromatic N) is 3. The van der Waals surface area contributed by atoms with Gasteiger partial charge in [-0.2, -0.15) is 22.8 Å². The van der Waals surface area contributed by atoms with Crippen LogP contribution in [0.4, 0.5) is 17.6 Å². The smallest absolute Gasteiger partial charge is 0.416 e. The van der Waals surface area contributed by atoms with E-state index < -0.39 is 17.6 Å². The maximum Gasteiger partial charge on any atom is 0.416 e. The van der Waals surface area contributed by atoms with Crippen molar-refractivity contribution in [3.05, 3.63) is 46.9 Å². The summed E-state index contributed by atoms with van der Waals surface area (Å²) >= 11 is 0. The number of fused-ring (bicyclic) bond motifs is 1. The lowest BCUT2D eigenvalue weighted by molar-refractivity contribution is -0.137. The quantitative estimate of drug-likeness (QED) is 0.680. The van der Waals surface area contributed by atoms with Gasteiger partial charge in [-0.1, -0.05) is 13.8 Å². The van der Waals surface area contributed by atoms with Crippen LogP contribution in [0.25, 0.3) is 16.9 Å². The van der Waals surface area contributed by atoms with Crippen molar-refractivity contribution in [2.24, 2.45) is 0 Å². The fraction of sp³-hybridized carbons (Fsp3) is 0.294. The number of alkyl halides is 3. The topological polar surface area (TPSA) is 50.4 Å². The highest BCUT2D eigenvalue weighted by molar-refractivity contribution is 5.66. The first kappa shape index (κ1) is 17.2. The van der Waals surface area contributed by atoms with Gasteiger partial charge in [0.1, 0.15) is 5.82 Å². The van der Waals surface area contributed by atoms with Crippen molar-refractivity contribution in [3.8, 4) is 17.1 Å². The van der Waals surface area contributed by atoms with Gasteiger partial charge < -0.3 is 5.11 Å². The van der Waals surface area contributed by atoms with Crippen LogP contribution in [0.5, 0.6) is 5.88 Å². The summed E-state index contributed by atoms with van der Waals surface area (Å²) in [7, 11) is 0. The second-order valence-electron chi connectivity index (χ2n) is 6.08. The van der Waals surface area contributed by atoms with Crippen molar-refractivity contribution in [1.82, 2.24) is 14.6 Å². The number of aromatic hydroxyl groups is 1. The molecule has 0 atom stereocenters. The van der Waals surface area contributed by atoms with Crippen LogP contribution in [0, 0.1) is 12.7 Å². The standard InChI is InChI=1S/C17H15F4N3O/c1-8(2)15-9(3)22-14-7-13(23-24(14)16(15)25)11-5-4-10(6-12(11)18)17(19,20)21/h4-8,25H,1-3H3. The molecule has 132 valence electrons. The summed E-state index contributed by atoms with van der Waals surface area (Å²) in [6, 6.07) is 3.66. The largest absolute Gasteiger partial charge is 0.493 e. The molecular weight excluding hydrogens is 338 g/mol. The molecule has 0 unspecified atom stereocenters. The number of aryl methyl sites for hydroxylation is 1. The number of aromatic nitrogens is 3. The van der Waals surface area contributed by atoms with Crippen LogP contribution in [0.2, 0.25) is 0 Å². The lowest BCUT2D eigenvalue weighted by Gasteiger charge is -2.11. The third kappa shape index (κ3) is 2.92. The monoisotopic (exact) mass is 353 g/mol. The molecular formula is C17H15F4N3O. The van der Waals surface area contributed by atoms with E-state index in [-0.39, 0.29) is 28.7 Å². The van der Waals surface area contributed by atoms with Crippen molar-refractivity contribution >= 4 is 5.65 Å². The van der Waals surface area contributed by atoms with Gasteiger partial charge >= 0.3 is 6.18 Å².